The number of methoxy groups -OCH3 is 1. The molecule has 1 aliphatic rings. The van der Waals surface area contributed by atoms with E-state index in [0.29, 0.717) is 24.8 Å². The second kappa shape index (κ2) is 6.84. The van der Waals surface area contributed by atoms with Crippen LogP contribution in [0, 0.1) is 0 Å². The molecule has 18 heavy (non-hydrogen) atoms. The normalized spacial score (nSPS) is 20.8. The highest BCUT2D eigenvalue weighted by atomic mass is 32.2. The number of rotatable bonds is 5. The van der Waals surface area contributed by atoms with Gasteiger partial charge in [-0.2, -0.15) is 0 Å². The number of ether oxygens (including phenoxy) is 1. The highest BCUT2D eigenvalue weighted by molar-refractivity contribution is 7.99. The van der Waals surface area contributed by atoms with Crippen molar-refractivity contribution < 1.29 is 19.4 Å². The van der Waals surface area contributed by atoms with E-state index in [0.717, 1.165) is 0 Å². The minimum atomic E-state index is -0.941. The Hall–Kier alpha value is -0.950. The van der Waals surface area contributed by atoms with Gasteiger partial charge in [-0.05, 0) is 13.8 Å². The lowest BCUT2D eigenvalue weighted by molar-refractivity contribution is -0.141. The van der Waals surface area contributed by atoms with Gasteiger partial charge < -0.3 is 19.6 Å². The Balaban J connectivity index is 2.74. The summed E-state index contributed by atoms with van der Waals surface area (Å²) in [4.78, 5) is 26.5. The molecule has 1 N–H and O–H groups in total. The molecule has 1 heterocycles. The van der Waals surface area contributed by atoms with Crippen molar-refractivity contribution in [1.82, 2.24) is 9.80 Å². The molecule has 0 aromatic carbocycles. The monoisotopic (exact) mass is 276 g/mol. The summed E-state index contributed by atoms with van der Waals surface area (Å²) in [5, 5.41) is 9.08. The van der Waals surface area contributed by atoms with Crippen molar-refractivity contribution in [1.29, 1.82) is 0 Å². The Labute approximate surface area is 111 Å². The molecule has 1 rings (SSSR count). The van der Waals surface area contributed by atoms with E-state index in [-0.39, 0.29) is 12.1 Å². The Kier molecular flexibility index (Phi) is 5.74. The number of urea groups is 1. The zero-order valence-electron chi connectivity index (χ0n) is 11.0. The molecule has 6 nitrogen and oxygen atoms in total. The molecule has 1 saturated heterocycles. The first-order chi connectivity index (χ1) is 8.52. The van der Waals surface area contributed by atoms with Gasteiger partial charge in [0.1, 0.15) is 6.04 Å². The van der Waals surface area contributed by atoms with Gasteiger partial charge in [-0.3, -0.25) is 0 Å². The van der Waals surface area contributed by atoms with E-state index in [1.807, 2.05) is 13.8 Å². The third-order valence-electron chi connectivity index (χ3n) is 2.94. The fourth-order valence-corrected chi connectivity index (χ4v) is 3.11. The van der Waals surface area contributed by atoms with Crippen molar-refractivity contribution in [2.45, 2.75) is 25.9 Å². The van der Waals surface area contributed by atoms with Gasteiger partial charge in [0.2, 0.25) is 0 Å². The summed E-state index contributed by atoms with van der Waals surface area (Å²) in [6.07, 6.45) is 0. The molecule has 1 fully saturated rings. The van der Waals surface area contributed by atoms with Gasteiger partial charge in [-0.1, -0.05) is 0 Å². The van der Waals surface area contributed by atoms with Crippen LogP contribution in [0.1, 0.15) is 13.8 Å². The average Bonchev–Trinajstić information content (AvgIpc) is 2.79. The number of hydrogen-bond acceptors (Lipinski definition) is 4. The van der Waals surface area contributed by atoms with Crippen LogP contribution in [0.25, 0.3) is 0 Å². The fourth-order valence-electron chi connectivity index (χ4n) is 1.97. The highest BCUT2D eigenvalue weighted by Crippen LogP contribution is 2.23. The molecule has 0 spiro atoms. The molecular weight excluding hydrogens is 256 g/mol. The lowest BCUT2D eigenvalue weighted by Gasteiger charge is -2.33. The van der Waals surface area contributed by atoms with Crippen molar-refractivity contribution in [2.24, 2.45) is 0 Å². The maximum absolute atomic E-state index is 12.3. The predicted molar refractivity (Wildman–Crippen MR) is 69.7 cm³/mol. The Morgan fingerprint density at radius 3 is 2.78 bits per heavy atom. The highest BCUT2D eigenvalue weighted by Gasteiger charge is 2.37. The molecule has 0 bridgehead atoms. The first-order valence-corrected chi connectivity index (χ1v) is 7.05. The molecule has 0 saturated carbocycles. The summed E-state index contributed by atoms with van der Waals surface area (Å²) in [6.45, 7) is 4.75. The van der Waals surface area contributed by atoms with Crippen LogP contribution in [-0.2, 0) is 9.53 Å². The van der Waals surface area contributed by atoms with Crippen molar-refractivity contribution >= 4 is 23.8 Å². The predicted octanol–water partition coefficient (Wildman–Crippen LogP) is 0.923. The molecule has 0 radical (unpaired) electrons. The van der Waals surface area contributed by atoms with Crippen LogP contribution < -0.4 is 0 Å². The van der Waals surface area contributed by atoms with Crippen LogP contribution in [0.4, 0.5) is 4.79 Å². The van der Waals surface area contributed by atoms with Crippen molar-refractivity contribution in [2.75, 3.05) is 31.9 Å². The number of likely N-dealkylation sites (N-methyl/N-ethyl adjacent to an activating group) is 1. The van der Waals surface area contributed by atoms with Gasteiger partial charge in [-0.15, -0.1) is 11.8 Å². The van der Waals surface area contributed by atoms with E-state index in [1.165, 1.54) is 16.7 Å². The van der Waals surface area contributed by atoms with Crippen LogP contribution in [0.2, 0.25) is 0 Å². The molecule has 2 amide bonds. The molecule has 104 valence electrons. The van der Waals surface area contributed by atoms with Crippen LogP contribution >= 0.6 is 11.8 Å². The largest absolute Gasteiger partial charge is 0.480 e. The van der Waals surface area contributed by atoms with Gasteiger partial charge in [0, 0.05) is 19.4 Å². The summed E-state index contributed by atoms with van der Waals surface area (Å²) in [5.41, 5.74) is 0. The second-order valence-electron chi connectivity index (χ2n) is 4.20. The Morgan fingerprint density at radius 2 is 2.28 bits per heavy atom. The summed E-state index contributed by atoms with van der Waals surface area (Å²) in [6, 6.07) is -1.00. The lowest BCUT2D eigenvalue weighted by atomic mass is 10.3. The van der Waals surface area contributed by atoms with Crippen LogP contribution in [0.15, 0.2) is 0 Å². The van der Waals surface area contributed by atoms with Gasteiger partial charge in [0.05, 0.1) is 18.5 Å². The van der Waals surface area contributed by atoms with Crippen LogP contribution in [-0.4, -0.2) is 70.9 Å². The van der Waals surface area contributed by atoms with Gasteiger partial charge in [-0.25, -0.2) is 9.59 Å². The van der Waals surface area contributed by atoms with Crippen molar-refractivity contribution in [3.63, 3.8) is 0 Å². The topological polar surface area (TPSA) is 70.1 Å². The maximum Gasteiger partial charge on any atom is 0.327 e. The van der Waals surface area contributed by atoms with Crippen LogP contribution in [0.3, 0.4) is 0 Å². The fraction of sp³-hybridized carbons (Fsp3) is 0.818. The third kappa shape index (κ3) is 3.29. The average molecular weight is 276 g/mol. The van der Waals surface area contributed by atoms with E-state index < -0.39 is 12.0 Å². The number of thioether (sulfide) groups is 1. The maximum atomic E-state index is 12.3. The molecular formula is C11H20N2O4S. The standard InChI is InChI=1S/C11H20N2O4S/c1-4-12(8(2)5-17-3)11(16)13-7-18-6-9(13)10(14)15/h8-9H,4-7H2,1-3H3,(H,14,15)/t8?,9-/m0/s1. The third-order valence-corrected chi connectivity index (χ3v) is 3.95. The molecule has 1 unspecified atom stereocenters. The van der Waals surface area contributed by atoms with Gasteiger partial charge >= 0.3 is 12.0 Å². The minimum Gasteiger partial charge on any atom is -0.480 e. The van der Waals surface area contributed by atoms with Crippen molar-refractivity contribution in [3.8, 4) is 0 Å². The van der Waals surface area contributed by atoms with Gasteiger partial charge in [0.25, 0.3) is 0 Å². The first kappa shape index (κ1) is 15.1. The number of carbonyl (C=O) groups excluding carboxylic acids is 1. The number of aliphatic carboxylic acids is 1. The molecule has 1 aliphatic heterocycles. The van der Waals surface area contributed by atoms with Crippen LogP contribution in [0.5, 0.6) is 0 Å². The van der Waals surface area contributed by atoms with E-state index in [9.17, 15) is 9.59 Å². The zero-order chi connectivity index (χ0) is 13.7. The summed E-state index contributed by atoms with van der Waals surface area (Å²) in [7, 11) is 1.58. The Morgan fingerprint density at radius 1 is 1.61 bits per heavy atom. The lowest BCUT2D eigenvalue weighted by Crippen LogP contribution is -2.52. The summed E-state index contributed by atoms with van der Waals surface area (Å²) in [5.74, 6) is -0.0488. The zero-order valence-corrected chi connectivity index (χ0v) is 11.8. The molecule has 0 aliphatic carbocycles. The molecule has 2 atom stereocenters. The van der Waals surface area contributed by atoms with Crippen molar-refractivity contribution in [3.05, 3.63) is 0 Å². The number of carboxylic acid groups (broad SMARTS) is 1. The number of amides is 2. The molecule has 0 aromatic rings. The number of nitrogens with zero attached hydrogens (tertiary/aromatic N) is 2. The van der Waals surface area contributed by atoms with E-state index >= 15 is 0 Å². The summed E-state index contributed by atoms with van der Waals surface area (Å²) < 4.78 is 5.04. The van der Waals surface area contributed by atoms with E-state index in [4.69, 9.17) is 9.84 Å². The second-order valence-corrected chi connectivity index (χ2v) is 5.20. The van der Waals surface area contributed by atoms with E-state index in [1.54, 1.807) is 12.0 Å². The van der Waals surface area contributed by atoms with Gasteiger partial charge in [0.15, 0.2) is 0 Å². The first-order valence-electron chi connectivity index (χ1n) is 5.89. The quantitative estimate of drug-likeness (QED) is 0.808. The summed E-state index contributed by atoms with van der Waals surface area (Å²) >= 11 is 1.47. The SMILES string of the molecule is CCN(C(=O)N1CSC[C@H]1C(=O)O)C(C)COC. The van der Waals surface area contributed by atoms with E-state index in [2.05, 4.69) is 0 Å². The number of carbonyl (C=O) groups is 2. The number of hydrogen-bond donors (Lipinski definition) is 1. The minimum absolute atomic E-state index is 0.0625. The number of carboxylic acids is 1. The molecule has 7 heteroatoms. The smallest absolute Gasteiger partial charge is 0.327 e. The molecule has 0 aromatic heterocycles. The Bertz CT molecular complexity index is 313.